The van der Waals surface area contributed by atoms with Crippen LogP contribution in [0.25, 0.3) is 0 Å². The molecule has 1 aromatic rings. The topological polar surface area (TPSA) is 42.0 Å². The maximum absolute atomic E-state index is 11.8. The second-order valence-corrected chi connectivity index (χ2v) is 5.16. The Labute approximate surface area is 94.9 Å². The van der Waals surface area contributed by atoms with Crippen LogP contribution in [0.3, 0.4) is 0 Å². The van der Waals surface area contributed by atoms with Crippen molar-refractivity contribution < 1.29 is 4.79 Å². The molecule has 0 bridgehead atoms. The van der Waals surface area contributed by atoms with Crippen molar-refractivity contribution in [3.8, 4) is 0 Å². The highest BCUT2D eigenvalue weighted by Gasteiger charge is 2.14. The summed E-state index contributed by atoms with van der Waals surface area (Å²) in [6.07, 6.45) is 0.589. The molecular formula is C11H18N2OS. The number of nitrogens with one attached hydrogen (secondary N) is 1. The van der Waals surface area contributed by atoms with Gasteiger partial charge in [0.05, 0.1) is 5.69 Å². The molecule has 0 spiro atoms. The molecular weight excluding hydrogens is 208 g/mol. The van der Waals surface area contributed by atoms with Crippen LogP contribution in [0, 0.1) is 12.8 Å². The molecule has 0 unspecified atom stereocenters. The third-order valence-electron chi connectivity index (χ3n) is 2.06. The summed E-state index contributed by atoms with van der Waals surface area (Å²) in [6, 6.07) is 0. The lowest BCUT2D eigenvalue weighted by atomic mass is 10.1. The molecule has 0 aliphatic heterocycles. The van der Waals surface area contributed by atoms with E-state index in [2.05, 4.69) is 10.3 Å². The average Bonchev–Trinajstić information content (AvgIpc) is 2.47. The third-order valence-corrected chi connectivity index (χ3v) is 3.26. The van der Waals surface area contributed by atoms with Crippen LogP contribution in [0.2, 0.25) is 0 Å². The van der Waals surface area contributed by atoms with E-state index in [1.807, 2.05) is 27.8 Å². The number of ketones is 1. The third kappa shape index (κ3) is 3.39. The molecule has 0 aromatic carbocycles. The van der Waals surface area contributed by atoms with Crippen molar-refractivity contribution in [2.24, 2.45) is 5.92 Å². The number of aromatic nitrogens is 1. The zero-order valence-electron chi connectivity index (χ0n) is 9.76. The van der Waals surface area contributed by atoms with Gasteiger partial charge in [-0.05, 0) is 19.9 Å². The Morgan fingerprint density at radius 3 is 2.73 bits per heavy atom. The van der Waals surface area contributed by atoms with Gasteiger partial charge in [-0.2, -0.15) is 0 Å². The Hall–Kier alpha value is -0.740. The zero-order valence-corrected chi connectivity index (χ0v) is 10.6. The number of nitrogens with zero attached hydrogens (tertiary/aromatic N) is 1. The Morgan fingerprint density at radius 2 is 2.20 bits per heavy atom. The average molecular weight is 226 g/mol. The van der Waals surface area contributed by atoms with Crippen LogP contribution in [-0.2, 0) is 6.54 Å². The van der Waals surface area contributed by atoms with Crippen molar-refractivity contribution in [2.45, 2.75) is 33.7 Å². The van der Waals surface area contributed by atoms with Crippen molar-refractivity contribution in [1.29, 1.82) is 0 Å². The van der Waals surface area contributed by atoms with Gasteiger partial charge in [0.1, 0.15) is 0 Å². The minimum absolute atomic E-state index is 0.167. The number of hydrogen-bond acceptors (Lipinski definition) is 4. The van der Waals surface area contributed by atoms with E-state index in [0.717, 1.165) is 17.1 Å². The summed E-state index contributed by atoms with van der Waals surface area (Å²) in [5.74, 6) is 0.565. The number of Topliss-reactive ketones (excluding diaryl/α,β-unsaturated/α-hetero) is 1. The van der Waals surface area contributed by atoms with Crippen molar-refractivity contribution in [3.63, 3.8) is 0 Å². The molecule has 0 amide bonds. The molecule has 1 aromatic heterocycles. The molecule has 15 heavy (non-hydrogen) atoms. The van der Waals surface area contributed by atoms with E-state index in [9.17, 15) is 4.79 Å². The Morgan fingerprint density at radius 1 is 1.53 bits per heavy atom. The monoisotopic (exact) mass is 226 g/mol. The molecule has 0 atom stereocenters. The molecule has 0 radical (unpaired) electrons. The van der Waals surface area contributed by atoms with E-state index < -0.39 is 0 Å². The minimum Gasteiger partial charge on any atom is -0.315 e. The SMILES string of the molecule is CNCc1sc(C(=O)CC(C)C)nc1C. The maximum atomic E-state index is 11.8. The predicted molar refractivity (Wildman–Crippen MR) is 63.4 cm³/mol. The molecule has 1 heterocycles. The van der Waals surface area contributed by atoms with Gasteiger partial charge in [0, 0.05) is 17.8 Å². The summed E-state index contributed by atoms with van der Waals surface area (Å²) in [5.41, 5.74) is 0.974. The van der Waals surface area contributed by atoms with E-state index in [1.165, 1.54) is 11.3 Å². The van der Waals surface area contributed by atoms with E-state index in [1.54, 1.807) is 0 Å². The molecule has 1 rings (SSSR count). The lowest BCUT2D eigenvalue weighted by molar-refractivity contribution is 0.0967. The number of thiazole rings is 1. The van der Waals surface area contributed by atoms with Crippen molar-refractivity contribution >= 4 is 17.1 Å². The number of carbonyl (C=O) groups is 1. The van der Waals surface area contributed by atoms with Gasteiger partial charge < -0.3 is 5.32 Å². The number of carbonyl (C=O) groups excluding carboxylic acids is 1. The van der Waals surface area contributed by atoms with Crippen LogP contribution in [0.4, 0.5) is 0 Å². The lowest BCUT2D eigenvalue weighted by Gasteiger charge is -1.99. The second kappa shape index (κ2) is 5.37. The van der Waals surface area contributed by atoms with E-state index in [-0.39, 0.29) is 5.78 Å². The Bertz CT molecular complexity index is 344. The fourth-order valence-corrected chi connectivity index (χ4v) is 2.35. The fourth-order valence-electron chi connectivity index (χ4n) is 1.33. The highest BCUT2D eigenvalue weighted by atomic mass is 32.1. The van der Waals surface area contributed by atoms with Crippen molar-refractivity contribution in [3.05, 3.63) is 15.6 Å². The molecule has 0 aliphatic rings. The van der Waals surface area contributed by atoms with Gasteiger partial charge in [0.25, 0.3) is 0 Å². The summed E-state index contributed by atoms with van der Waals surface area (Å²) >= 11 is 1.51. The van der Waals surface area contributed by atoms with Gasteiger partial charge in [-0.25, -0.2) is 4.98 Å². The minimum atomic E-state index is 0.167. The quantitative estimate of drug-likeness (QED) is 0.784. The van der Waals surface area contributed by atoms with Crippen LogP contribution < -0.4 is 5.32 Å². The zero-order chi connectivity index (χ0) is 11.4. The highest BCUT2D eigenvalue weighted by molar-refractivity contribution is 7.13. The first-order valence-corrected chi connectivity index (χ1v) is 6.00. The van der Waals surface area contributed by atoms with Crippen molar-refractivity contribution in [2.75, 3.05) is 7.05 Å². The summed E-state index contributed by atoms with van der Waals surface area (Å²) in [4.78, 5) is 17.2. The largest absolute Gasteiger partial charge is 0.315 e. The summed E-state index contributed by atoms with van der Waals surface area (Å²) < 4.78 is 0. The van der Waals surface area contributed by atoms with Gasteiger partial charge in [0.15, 0.2) is 10.8 Å². The van der Waals surface area contributed by atoms with Crippen LogP contribution in [0.1, 0.15) is 40.6 Å². The van der Waals surface area contributed by atoms with Gasteiger partial charge >= 0.3 is 0 Å². The lowest BCUT2D eigenvalue weighted by Crippen LogP contribution is -2.04. The first-order valence-electron chi connectivity index (χ1n) is 5.18. The molecule has 0 fully saturated rings. The standard InChI is InChI=1S/C11H18N2OS/c1-7(2)5-9(14)11-13-8(3)10(15-11)6-12-4/h7,12H,5-6H2,1-4H3. The molecule has 0 saturated carbocycles. The first-order chi connectivity index (χ1) is 7.04. The molecule has 1 N–H and O–H groups in total. The molecule has 0 saturated heterocycles. The van der Waals surface area contributed by atoms with Gasteiger partial charge in [-0.3, -0.25) is 4.79 Å². The highest BCUT2D eigenvalue weighted by Crippen LogP contribution is 2.20. The molecule has 84 valence electrons. The molecule has 3 nitrogen and oxygen atoms in total. The number of aryl methyl sites for hydroxylation is 1. The van der Waals surface area contributed by atoms with Crippen LogP contribution in [0.5, 0.6) is 0 Å². The second-order valence-electron chi connectivity index (χ2n) is 4.08. The van der Waals surface area contributed by atoms with Gasteiger partial charge in [-0.1, -0.05) is 13.8 Å². The summed E-state index contributed by atoms with van der Waals surface area (Å²) in [7, 11) is 1.90. The van der Waals surface area contributed by atoms with Gasteiger partial charge in [-0.15, -0.1) is 11.3 Å². The molecule has 0 aliphatic carbocycles. The van der Waals surface area contributed by atoms with Crippen LogP contribution in [0.15, 0.2) is 0 Å². The first kappa shape index (κ1) is 12.3. The smallest absolute Gasteiger partial charge is 0.191 e. The van der Waals surface area contributed by atoms with Gasteiger partial charge in [0.2, 0.25) is 0 Å². The van der Waals surface area contributed by atoms with E-state index >= 15 is 0 Å². The normalized spacial score (nSPS) is 11.0. The molecule has 4 heteroatoms. The fraction of sp³-hybridized carbons (Fsp3) is 0.636. The Balaban J connectivity index is 2.78. The van der Waals surface area contributed by atoms with Crippen LogP contribution in [-0.4, -0.2) is 17.8 Å². The maximum Gasteiger partial charge on any atom is 0.191 e. The number of hydrogen-bond donors (Lipinski definition) is 1. The van der Waals surface area contributed by atoms with Crippen LogP contribution >= 0.6 is 11.3 Å². The summed E-state index contributed by atoms with van der Waals surface area (Å²) in [6.45, 7) is 6.84. The van der Waals surface area contributed by atoms with E-state index in [4.69, 9.17) is 0 Å². The summed E-state index contributed by atoms with van der Waals surface area (Å²) in [5, 5.41) is 3.74. The predicted octanol–water partition coefficient (Wildman–Crippen LogP) is 2.40. The Kier molecular flexibility index (Phi) is 4.42. The van der Waals surface area contributed by atoms with Crippen molar-refractivity contribution in [1.82, 2.24) is 10.3 Å². The number of rotatable bonds is 5. The van der Waals surface area contributed by atoms with E-state index in [0.29, 0.717) is 17.3 Å².